The topological polar surface area (TPSA) is 50.3 Å². The zero-order valence-electron chi connectivity index (χ0n) is 15.0. The lowest BCUT2D eigenvalue weighted by Crippen LogP contribution is -2.36. The Morgan fingerprint density at radius 1 is 1.24 bits per heavy atom. The molecule has 25 heavy (non-hydrogen) atoms. The number of nitrogens with one attached hydrogen (secondary N) is 1. The number of morpholine rings is 1. The van der Waals surface area contributed by atoms with E-state index in [1.807, 2.05) is 0 Å². The standard InChI is InChI=1S/C19H26N4OS/c1-13-14(2)25-19-17(13)18(20-15-6-4-3-5-7-15)21-16(22-19)12-23-8-10-24-11-9-23/h3-4,15H,5-12H2,1-2H3,(H,20,21,22). The summed E-state index contributed by atoms with van der Waals surface area (Å²) in [5.41, 5.74) is 1.31. The van der Waals surface area contributed by atoms with E-state index < -0.39 is 0 Å². The molecule has 5 nitrogen and oxygen atoms in total. The molecule has 0 aromatic carbocycles. The summed E-state index contributed by atoms with van der Waals surface area (Å²) >= 11 is 1.78. The number of rotatable bonds is 4. The average Bonchev–Trinajstić information content (AvgIpc) is 2.91. The second-order valence-electron chi connectivity index (χ2n) is 6.97. The Morgan fingerprint density at radius 3 is 2.84 bits per heavy atom. The van der Waals surface area contributed by atoms with Gasteiger partial charge >= 0.3 is 0 Å². The summed E-state index contributed by atoms with van der Waals surface area (Å²) in [7, 11) is 0. The van der Waals surface area contributed by atoms with Crippen molar-refractivity contribution < 1.29 is 4.74 Å². The minimum atomic E-state index is 0.471. The average molecular weight is 359 g/mol. The maximum Gasteiger partial charge on any atom is 0.146 e. The quantitative estimate of drug-likeness (QED) is 0.845. The summed E-state index contributed by atoms with van der Waals surface area (Å²) in [6.07, 6.45) is 7.95. The molecule has 1 aliphatic carbocycles. The van der Waals surface area contributed by atoms with Crippen molar-refractivity contribution in [3.05, 3.63) is 28.4 Å². The Kier molecular flexibility index (Phi) is 5.01. The van der Waals surface area contributed by atoms with Crippen LogP contribution in [0.4, 0.5) is 5.82 Å². The van der Waals surface area contributed by atoms with Crippen LogP contribution in [0, 0.1) is 13.8 Å². The van der Waals surface area contributed by atoms with Gasteiger partial charge in [0.25, 0.3) is 0 Å². The van der Waals surface area contributed by atoms with E-state index in [2.05, 4.69) is 36.2 Å². The Labute approximate surface area is 153 Å². The van der Waals surface area contributed by atoms with E-state index in [9.17, 15) is 0 Å². The smallest absolute Gasteiger partial charge is 0.146 e. The first-order valence-electron chi connectivity index (χ1n) is 9.19. The molecule has 2 aromatic heterocycles. The van der Waals surface area contributed by atoms with Crippen LogP contribution in [0.15, 0.2) is 12.2 Å². The van der Waals surface area contributed by atoms with Crippen LogP contribution < -0.4 is 5.32 Å². The third kappa shape index (κ3) is 3.71. The van der Waals surface area contributed by atoms with Crippen molar-refractivity contribution in [2.75, 3.05) is 31.6 Å². The van der Waals surface area contributed by atoms with E-state index in [1.54, 1.807) is 11.3 Å². The number of hydrogen-bond acceptors (Lipinski definition) is 6. The van der Waals surface area contributed by atoms with Crippen LogP contribution in [0.5, 0.6) is 0 Å². The van der Waals surface area contributed by atoms with Gasteiger partial charge in [-0.1, -0.05) is 12.2 Å². The summed E-state index contributed by atoms with van der Waals surface area (Å²) in [4.78, 5) is 14.6. The fourth-order valence-corrected chi connectivity index (χ4v) is 4.59. The third-order valence-electron chi connectivity index (χ3n) is 5.15. The van der Waals surface area contributed by atoms with Crippen LogP contribution in [0.3, 0.4) is 0 Å². The predicted molar refractivity (Wildman–Crippen MR) is 103 cm³/mol. The van der Waals surface area contributed by atoms with E-state index in [1.165, 1.54) is 22.2 Å². The van der Waals surface area contributed by atoms with Crippen LogP contribution >= 0.6 is 11.3 Å². The van der Waals surface area contributed by atoms with Crippen molar-refractivity contribution in [2.45, 2.75) is 45.7 Å². The molecule has 3 heterocycles. The Morgan fingerprint density at radius 2 is 2.08 bits per heavy atom. The lowest BCUT2D eigenvalue weighted by molar-refractivity contribution is 0.0331. The number of fused-ring (bicyclic) bond motifs is 1. The molecule has 1 atom stereocenters. The number of allylic oxidation sites excluding steroid dienone is 1. The zero-order chi connectivity index (χ0) is 17.2. The summed E-state index contributed by atoms with van der Waals surface area (Å²) in [6, 6.07) is 0.471. The number of nitrogens with zero attached hydrogens (tertiary/aromatic N) is 3. The fourth-order valence-electron chi connectivity index (χ4n) is 3.55. The molecule has 1 N–H and O–H groups in total. The van der Waals surface area contributed by atoms with Gasteiger partial charge in [0.05, 0.1) is 25.1 Å². The molecule has 0 amide bonds. The first-order chi connectivity index (χ1) is 12.2. The van der Waals surface area contributed by atoms with Gasteiger partial charge in [-0.15, -0.1) is 11.3 Å². The van der Waals surface area contributed by atoms with Gasteiger partial charge in [-0.25, -0.2) is 9.97 Å². The van der Waals surface area contributed by atoms with Gasteiger partial charge in [0.15, 0.2) is 0 Å². The lowest BCUT2D eigenvalue weighted by atomic mass is 10.0. The Balaban J connectivity index is 1.66. The van der Waals surface area contributed by atoms with Gasteiger partial charge in [-0.05, 0) is 38.7 Å². The van der Waals surface area contributed by atoms with Crippen molar-refractivity contribution in [3.63, 3.8) is 0 Å². The maximum absolute atomic E-state index is 5.45. The van der Waals surface area contributed by atoms with E-state index in [4.69, 9.17) is 14.7 Å². The van der Waals surface area contributed by atoms with Crippen LogP contribution in [0.2, 0.25) is 0 Å². The van der Waals surface area contributed by atoms with Crippen molar-refractivity contribution in [2.24, 2.45) is 0 Å². The number of thiophene rings is 1. The molecule has 0 spiro atoms. The Bertz CT molecular complexity index is 779. The van der Waals surface area contributed by atoms with Crippen molar-refractivity contribution in [3.8, 4) is 0 Å². The van der Waals surface area contributed by atoms with Gasteiger partial charge in [-0.2, -0.15) is 0 Å². The maximum atomic E-state index is 5.45. The molecular formula is C19H26N4OS. The van der Waals surface area contributed by atoms with E-state index >= 15 is 0 Å². The monoisotopic (exact) mass is 358 g/mol. The first-order valence-corrected chi connectivity index (χ1v) is 10.0. The summed E-state index contributed by atoms with van der Waals surface area (Å²) in [5, 5.41) is 4.93. The molecule has 6 heteroatoms. The highest BCUT2D eigenvalue weighted by Gasteiger charge is 2.19. The molecule has 0 saturated carbocycles. The minimum absolute atomic E-state index is 0.471. The van der Waals surface area contributed by atoms with Gasteiger partial charge in [0.2, 0.25) is 0 Å². The van der Waals surface area contributed by atoms with Crippen LogP contribution in [-0.4, -0.2) is 47.2 Å². The van der Waals surface area contributed by atoms with Crippen molar-refractivity contribution >= 4 is 27.4 Å². The normalized spacial score (nSPS) is 21.8. The predicted octanol–water partition coefficient (Wildman–Crippen LogP) is 3.66. The SMILES string of the molecule is Cc1sc2nc(CN3CCOCC3)nc(NC3CC=CCC3)c2c1C. The molecule has 134 valence electrons. The fraction of sp³-hybridized carbons (Fsp3) is 0.579. The summed E-state index contributed by atoms with van der Waals surface area (Å²) in [6.45, 7) is 8.69. The number of aromatic nitrogens is 2. The number of anilines is 1. The van der Waals surface area contributed by atoms with E-state index in [-0.39, 0.29) is 0 Å². The minimum Gasteiger partial charge on any atom is -0.379 e. The van der Waals surface area contributed by atoms with E-state index in [0.29, 0.717) is 6.04 Å². The van der Waals surface area contributed by atoms with Gasteiger partial charge in [0, 0.05) is 24.0 Å². The molecule has 2 aliphatic rings. The van der Waals surface area contributed by atoms with Crippen LogP contribution in [0.1, 0.15) is 35.5 Å². The molecule has 0 radical (unpaired) electrons. The molecule has 1 unspecified atom stereocenters. The molecule has 1 fully saturated rings. The number of aryl methyl sites for hydroxylation is 2. The highest BCUT2D eigenvalue weighted by atomic mass is 32.1. The summed E-state index contributed by atoms with van der Waals surface area (Å²) < 4.78 is 5.45. The molecule has 1 aliphatic heterocycles. The Hall–Kier alpha value is -1.50. The number of ether oxygens (including phenoxy) is 1. The first kappa shape index (κ1) is 16.9. The second kappa shape index (κ2) is 7.40. The van der Waals surface area contributed by atoms with Gasteiger partial charge < -0.3 is 10.1 Å². The number of hydrogen-bond donors (Lipinski definition) is 1. The van der Waals surface area contributed by atoms with Crippen molar-refractivity contribution in [1.82, 2.24) is 14.9 Å². The van der Waals surface area contributed by atoms with Crippen molar-refractivity contribution in [1.29, 1.82) is 0 Å². The second-order valence-corrected chi connectivity index (χ2v) is 8.17. The third-order valence-corrected chi connectivity index (χ3v) is 6.25. The molecular weight excluding hydrogens is 332 g/mol. The molecule has 4 rings (SSSR count). The summed E-state index contributed by atoms with van der Waals surface area (Å²) in [5.74, 6) is 1.94. The van der Waals surface area contributed by atoms with Crippen LogP contribution in [-0.2, 0) is 11.3 Å². The van der Waals surface area contributed by atoms with Crippen LogP contribution in [0.25, 0.3) is 10.2 Å². The van der Waals surface area contributed by atoms with Gasteiger partial charge in [-0.3, -0.25) is 4.90 Å². The highest BCUT2D eigenvalue weighted by Crippen LogP contribution is 2.34. The highest BCUT2D eigenvalue weighted by molar-refractivity contribution is 7.18. The molecule has 2 aromatic rings. The van der Waals surface area contributed by atoms with Gasteiger partial charge in [0.1, 0.15) is 16.5 Å². The molecule has 1 saturated heterocycles. The zero-order valence-corrected chi connectivity index (χ0v) is 15.9. The lowest BCUT2D eigenvalue weighted by Gasteiger charge is -2.26. The van der Waals surface area contributed by atoms with E-state index in [0.717, 1.165) is 62.2 Å². The molecule has 0 bridgehead atoms. The largest absolute Gasteiger partial charge is 0.379 e.